The Morgan fingerprint density at radius 2 is 1.75 bits per heavy atom. The molecular weight excluding hydrogens is 252 g/mol. The number of nitrogens with one attached hydrogen (secondary N) is 2. The van der Waals surface area contributed by atoms with Gasteiger partial charge in [-0.2, -0.15) is 0 Å². The van der Waals surface area contributed by atoms with Crippen LogP contribution in [0.3, 0.4) is 0 Å². The van der Waals surface area contributed by atoms with Crippen LogP contribution in [-0.4, -0.2) is 23.8 Å². The average Bonchev–Trinajstić information content (AvgIpc) is 2.42. The van der Waals surface area contributed by atoms with E-state index < -0.39 is 6.10 Å². The van der Waals surface area contributed by atoms with Gasteiger partial charge < -0.3 is 15.7 Å². The molecule has 1 rings (SSSR count). The van der Waals surface area contributed by atoms with Crippen molar-refractivity contribution < 1.29 is 9.90 Å². The molecule has 1 atom stereocenters. The Morgan fingerprint density at radius 3 is 2.25 bits per heavy atom. The quantitative estimate of drug-likeness (QED) is 0.748. The summed E-state index contributed by atoms with van der Waals surface area (Å²) in [5.74, 6) is 0.232. The Morgan fingerprint density at radius 1 is 1.20 bits per heavy atom. The van der Waals surface area contributed by atoms with Gasteiger partial charge in [-0.15, -0.1) is 0 Å². The largest absolute Gasteiger partial charge is 0.391 e. The number of aryl methyl sites for hydroxylation is 2. The Kier molecular flexibility index (Phi) is 6.52. The number of urea groups is 1. The summed E-state index contributed by atoms with van der Waals surface area (Å²) in [7, 11) is 0. The smallest absolute Gasteiger partial charge is 0.319 e. The molecule has 0 bridgehead atoms. The first kappa shape index (κ1) is 16.5. The first-order valence-corrected chi connectivity index (χ1v) is 7.28. The van der Waals surface area contributed by atoms with Gasteiger partial charge in [0.15, 0.2) is 0 Å². The van der Waals surface area contributed by atoms with Crippen LogP contribution in [0.4, 0.5) is 10.5 Å². The predicted octanol–water partition coefficient (Wildman–Crippen LogP) is 3.22. The summed E-state index contributed by atoms with van der Waals surface area (Å²) >= 11 is 0. The molecule has 20 heavy (non-hydrogen) atoms. The van der Waals surface area contributed by atoms with Crippen molar-refractivity contribution in [3.8, 4) is 0 Å². The highest BCUT2D eigenvalue weighted by atomic mass is 16.3. The molecule has 0 saturated heterocycles. The third kappa shape index (κ3) is 4.53. The molecule has 0 aliphatic rings. The van der Waals surface area contributed by atoms with Crippen LogP contribution in [0, 0.1) is 19.8 Å². The van der Waals surface area contributed by atoms with Gasteiger partial charge in [-0.25, -0.2) is 4.79 Å². The number of hydrogen-bond acceptors (Lipinski definition) is 2. The second kappa shape index (κ2) is 7.90. The summed E-state index contributed by atoms with van der Waals surface area (Å²) in [6.45, 7) is 8.30. The summed E-state index contributed by atoms with van der Waals surface area (Å²) < 4.78 is 0. The van der Waals surface area contributed by atoms with Gasteiger partial charge in [0, 0.05) is 12.2 Å². The summed E-state index contributed by atoms with van der Waals surface area (Å²) in [6, 6.07) is 5.61. The normalized spacial score (nSPS) is 12.3. The van der Waals surface area contributed by atoms with E-state index in [4.69, 9.17) is 0 Å². The minimum absolute atomic E-state index is 0.232. The number of para-hydroxylation sites is 1. The van der Waals surface area contributed by atoms with Gasteiger partial charge in [0.2, 0.25) is 0 Å². The number of hydrogen-bond donors (Lipinski definition) is 3. The summed E-state index contributed by atoms with van der Waals surface area (Å²) in [5.41, 5.74) is 2.89. The van der Waals surface area contributed by atoms with E-state index in [1.54, 1.807) is 0 Å². The highest BCUT2D eigenvalue weighted by Gasteiger charge is 2.16. The molecule has 1 aromatic carbocycles. The molecule has 0 heterocycles. The van der Waals surface area contributed by atoms with E-state index in [0.717, 1.165) is 29.7 Å². The number of benzene rings is 1. The highest BCUT2D eigenvalue weighted by molar-refractivity contribution is 5.90. The molecule has 0 saturated carbocycles. The molecule has 0 spiro atoms. The molecule has 1 aromatic rings. The van der Waals surface area contributed by atoms with E-state index in [9.17, 15) is 9.90 Å². The number of anilines is 1. The summed E-state index contributed by atoms with van der Waals surface area (Å²) in [4.78, 5) is 11.9. The monoisotopic (exact) mass is 278 g/mol. The van der Waals surface area contributed by atoms with Crippen molar-refractivity contribution in [2.75, 3.05) is 11.9 Å². The number of aliphatic hydroxyl groups is 1. The van der Waals surface area contributed by atoms with Crippen molar-refractivity contribution in [3.05, 3.63) is 29.3 Å². The van der Waals surface area contributed by atoms with Crippen LogP contribution in [0.2, 0.25) is 0 Å². The minimum Gasteiger partial charge on any atom is -0.391 e. The van der Waals surface area contributed by atoms with Crippen molar-refractivity contribution in [2.45, 2.75) is 46.6 Å². The maximum Gasteiger partial charge on any atom is 0.319 e. The van der Waals surface area contributed by atoms with Crippen LogP contribution in [0.15, 0.2) is 18.2 Å². The van der Waals surface area contributed by atoms with Gasteiger partial charge in [-0.05, 0) is 30.9 Å². The highest BCUT2D eigenvalue weighted by Crippen LogP contribution is 2.19. The van der Waals surface area contributed by atoms with Crippen LogP contribution in [0.25, 0.3) is 0 Å². The molecule has 2 amide bonds. The van der Waals surface area contributed by atoms with Gasteiger partial charge in [-0.1, -0.05) is 44.9 Å². The predicted molar refractivity (Wildman–Crippen MR) is 83.0 cm³/mol. The zero-order chi connectivity index (χ0) is 15.1. The fraction of sp³-hybridized carbons (Fsp3) is 0.562. The second-order valence-electron chi connectivity index (χ2n) is 5.25. The topological polar surface area (TPSA) is 61.4 Å². The van der Waals surface area contributed by atoms with Gasteiger partial charge in [0.05, 0.1) is 6.10 Å². The molecule has 0 aliphatic heterocycles. The zero-order valence-corrected chi connectivity index (χ0v) is 12.9. The van der Waals surface area contributed by atoms with Crippen molar-refractivity contribution in [3.63, 3.8) is 0 Å². The first-order valence-electron chi connectivity index (χ1n) is 7.28. The van der Waals surface area contributed by atoms with Crippen molar-refractivity contribution in [1.82, 2.24) is 5.32 Å². The van der Waals surface area contributed by atoms with Crippen LogP contribution in [0.5, 0.6) is 0 Å². The van der Waals surface area contributed by atoms with E-state index in [0.29, 0.717) is 0 Å². The van der Waals surface area contributed by atoms with Gasteiger partial charge >= 0.3 is 6.03 Å². The van der Waals surface area contributed by atoms with Crippen molar-refractivity contribution in [1.29, 1.82) is 0 Å². The van der Waals surface area contributed by atoms with E-state index in [1.807, 2.05) is 45.9 Å². The summed E-state index contributed by atoms with van der Waals surface area (Å²) in [6.07, 6.45) is 1.34. The molecular formula is C16H26N2O2. The number of amides is 2. The molecule has 3 N–H and O–H groups in total. The van der Waals surface area contributed by atoms with E-state index in [-0.39, 0.29) is 18.5 Å². The molecule has 0 radical (unpaired) electrons. The van der Waals surface area contributed by atoms with Crippen LogP contribution >= 0.6 is 0 Å². The maximum absolute atomic E-state index is 11.9. The van der Waals surface area contributed by atoms with Crippen LogP contribution in [0.1, 0.15) is 37.8 Å². The fourth-order valence-corrected chi connectivity index (χ4v) is 2.37. The van der Waals surface area contributed by atoms with Crippen LogP contribution in [-0.2, 0) is 0 Å². The van der Waals surface area contributed by atoms with E-state index >= 15 is 0 Å². The Hall–Kier alpha value is -1.55. The lowest BCUT2D eigenvalue weighted by atomic mass is 9.97. The number of carbonyl (C=O) groups is 1. The molecule has 0 fully saturated rings. The molecule has 112 valence electrons. The van der Waals surface area contributed by atoms with Gasteiger partial charge in [0.25, 0.3) is 0 Å². The second-order valence-corrected chi connectivity index (χ2v) is 5.25. The number of aliphatic hydroxyl groups excluding tert-OH is 1. The molecule has 0 aromatic heterocycles. The lowest BCUT2D eigenvalue weighted by Crippen LogP contribution is -2.38. The SMILES string of the molecule is CCC(CC)C(O)CNC(=O)Nc1c(C)cccc1C. The van der Waals surface area contributed by atoms with Crippen LogP contribution < -0.4 is 10.6 Å². The zero-order valence-electron chi connectivity index (χ0n) is 12.9. The first-order chi connectivity index (χ1) is 9.49. The van der Waals surface area contributed by atoms with Crippen molar-refractivity contribution in [2.24, 2.45) is 5.92 Å². The molecule has 4 heteroatoms. The minimum atomic E-state index is -0.492. The number of rotatable bonds is 6. The third-order valence-electron chi connectivity index (χ3n) is 3.78. The molecule has 0 aliphatic carbocycles. The Balaban J connectivity index is 2.52. The fourth-order valence-electron chi connectivity index (χ4n) is 2.37. The van der Waals surface area contributed by atoms with Crippen molar-refractivity contribution >= 4 is 11.7 Å². The Labute approximate surface area is 121 Å². The molecule has 1 unspecified atom stereocenters. The van der Waals surface area contributed by atoms with Gasteiger partial charge in [0.1, 0.15) is 0 Å². The average molecular weight is 278 g/mol. The molecule has 4 nitrogen and oxygen atoms in total. The third-order valence-corrected chi connectivity index (χ3v) is 3.78. The lowest BCUT2D eigenvalue weighted by molar-refractivity contribution is 0.104. The lowest BCUT2D eigenvalue weighted by Gasteiger charge is -2.20. The van der Waals surface area contributed by atoms with E-state index in [1.165, 1.54) is 0 Å². The van der Waals surface area contributed by atoms with Gasteiger partial charge in [-0.3, -0.25) is 0 Å². The summed E-state index contributed by atoms with van der Waals surface area (Å²) in [5, 5.41) is 15.6. The maximum atomic E-state index is 11.9. The Bertz CT molecular complexity index is 422. The number of carbonyl (C=O) groups excluding carboxylic acids is 1. The van der Waals surface area contributed by atoms with E-state index in [2.05, 4.69) is 10.6 Å². The standard InChI is InChI=1S/C16H26N2O2/c1-5-13(6-2)14(19)10-17-16(20)18-15-11(3)8-7-9-12(15)4/h7-9,13-14,19H,5-6,10H2,1-4H3,(H2,17,18,20).